The molecule has 0 spiro atoms. The molecule has 0 fully saturated rings. The predicted molar refractivity (Wildman–Crippen MR) is 105 cm³/mol. The second-order valence-electron chi connectivity index (χ2n) is 6.38. The Labute approximate surface area is 181 Å². The molecule has 0 unspecified atom stereocenters. The summed E-state index contributed by atoms with van der Waals surface area (Å²) in [7, 11) is 0. The zero-order valence-corrected chi connectivity index (χ0v) is 16.8. The number of benzene rings is 2. The van der Waals surface area contributed by atoms with Crippen LogP contribution in [0.2, 0.25) is 10.0 Å². The van der Waals surface area contributed by atoms with Crippen molar-refractivity contribution in [1.82, 2.24) is 9.97 Å². The molecule has 0 bridgehead atoms. The number of alkyl halides is 6. The normalized spacial score (nSPS) is 12.3. The minimum Gasteiger partial charge on any atom is -0.383 e. The van der Waals surface area contributed by atoms with Gasteiger partial charge in [-0.2, -0.15) is 26.3 Å². The minimum absolute atomic E-state index is 0.0120. The lowest BCUT2D eigenvalue weighted by Gasteiger charge is -2.16. The molecule has 1 aromatic heterocycles. The van der Waals surface area contributed by atoms with Gasteiger partial charge in [-0.15, -0.1) is 0 Å². The summed E-state index contributed by atoms with van der Waals surface area (Å²) in [6, 6.07) is 5.38. The molecule has 0 saturated carbocycles. The first-order chi connectivity index (χ1) is 14.3. The maximum Gasteiger partial charge on any atom is 0.416 e. The van der Waals surface area contributed by atoms with E-state index in [9.17, 15) is 26.3 Å². The van der Waals surface area contributed by atoms with Crippen molar-refractivity contribution < 1.29 is 26.3 Å². The van der Waals surface area contributed by atoms with Gasteiger partial charge in [-0.25, -0.2) is 9.97 Å². The number of nitrogens with zero attached hydrogens (tertiary/aromatic N) is 2. The van der Waals surface area contributed by atoms with Crippen molar-refractivity contribution in [1.29, 1.82) is 0 Å². The molecule has 4 N–H and O–H groups in total. The van der Waals surface area contributed by atoms with Gasteiger partial charge in [0.2, 0.25) is 0 Å². The Morgan fingerprint density at radius 3 is 1.90 bits per heavy atom. The maximum atomic E-state index is 13.2. The van der Waals surface area contributed by atoms with E-state index < -0.39 is 34.9 Å². The molecule has 0 radical (unpaired) electrons. The Morgan fingerprint density at radius 2 is 1.42 bits per heavy atom. The average molecular weight is 481 g/mol. The van der Waals surface area contributed by atoms with E-state index in [2.05, 4.69) is 9.97 Å². The predicted octanol–water partition coefficient (Wildman–Crippen LogP) is 6.20. The number of rotatable bonds is 3. The second kappa shape index (κ2) is 8.18. The van der Waals surface area contributed by atoms with Gasteiger partial charge in [0.05, 0.1) is 21.8 Å². The first-order valence-electron chi connectivity index (χ1n) is 8.43. The highest BCUT2D eigenvalue weighted by molar-refractivity contribution is 6.36. The van der Waals surface area contributed by atoms with Crippen LogP contribution in [0.1, 0.15) is 16.7 Å². The zero-order valence-electron chi connectivity index (χ0n) is 15.2. The number of aromatic nitrogens is 2. The summed E-state index contributed by atoms with van der Waals surface area (Å²) in [6.07, 6.45) is -10.1. The Balaban J connectivity index is 2.30. The number of nitrogen functional groups attached to an aromatic ring is 1. The van der Waals surface area contributed by atoms with Crippen LogP contribution in [0.4, 0.5) is 32.2 Å². The van der Waals surface area contributed by atoms with Gasteiger partial charge in [-0.3, -0.25) is 0 Å². The van der Waals surface area contributed by atoms with Crippen LogP contribution in [0.15, 0.2) is 36.4 Å². The second-order valence-corrected chi connectivity index (χ2v) is 7.23. The highest BCUT2D eigenvalue weighted by Crippen LogP contribution is 2.39. The van der Waals surface area contributed by atoms with Crippen molar-refractivity contribution in [3.05, 3.63) is 63.1 Å². The molecule has 0 amide bonds. The number of anilines is 1. The van der Waals surface area contributed by atoms with Gasteiger partial charge in [0.15, 0.2) is 5.82 Å². The van der Waals surface area contributed by atoms with Crippen LogP contribution in [0.5, 0.6) is 0 Å². The SMILES string of the molecule is NCc1c(N)nc(-c2cc(C(F)(F)F)cc(C(F)(F)F)c2)nc1-c1ccc(Cl)cc1Cl. The summed E-state index contributed by atoms with van der Waals surface area (Å²) in [5.74, 6) is -0.660. The quantitative estimate of drug-likeness (QED) is 0.437. The van der Waals surface area contributed by atoms with Crippen LogP contribution in [0.3, 0.4) is 0 Å². The Morgan fingerprint density at radius 1 is 0.839 bits per heavy atom. The Bertz CT molecular complexity index is 1110. The molecular weight excluding hydrogens is 469 g/mol. The molecule has 2 aromatic carbocycles. The van der Waals surface area contributed by atoms with E-state index in [1.54, 1.807) is 0 Å². The van der Waals surface area contributed by atoms with Crippen molar-refractivity contribution >= 4 is 29.0 Å². The molecule has 0 atom stereocenters. The van der Waals surface area contributed by atoms with E-state index in [4.69, 9.17) is 34.7 Å². The van der Waals surface area contributed by atoms with Crippen LogP contribution >= 0.6 is 23.2 Å². The fourth-order valence-corrected chi connectivity index (χ4v) is 3.32. The van der Waals surface area contributed by atoms with Crippen molar-refractivity contribution in [3.8, 4) is 22.6 Å². The van der Waals surface area contributed by atoms with Gasteiger partial charge in [0.25, 0.3) is 0 Å². The van der Waals surface area contributed by atoms with Crippen LogP contribution in [0, 0.1) is 0 Å². The number of hydrogen-bond acceptors (Lipinski definition) is 4. The summed E-state index contributed by atoms with van der Waals surface area (Å²) in [4.78, 5) is 8.03. The van der Waals surface area contributed by atoms with Crippen molar-refractivity contribution in [3.63, 3.8) is 0 Å². The summed E-state index contributed by atoms with van der Waals surface area (Å²) < 4.78 is 79.2. The summed E-state index contributed by atoms with van der Waals surface area (Å²) in [5, 5.41) is 0.435. The number of hydrogen-bond donors (Lipinski definition) is 2. The molecule has 1 heterocycles. The van der Waals surface area contributed by atoms with E-state index in [1.807, 2.05) is 0 Å². The third-order valence-corrected chi connectivity index (χ3v) is 4.82. The van der Waals surface area contributed by atoms with Gasteiger partial charge in [0, 0.05) is 28.3 Å². The Hall–Kier alpha value is -2.56. The summed E-state index contributed by atoms with van der Waals surface area (Å²) >= 11 is 12.1. The third-order valence-electron chi connectivity index (χ3n) is 4.28. The summed E-state index contributed by atoms with van der Waals surface area (Å²) in [6.45, 7) is -0.156. The average Bonchev–Trinajstić information content (AvgIpc) is 2.65. The van der Waals surface area contributed by atoms with Crippen molar-refractivity contribution in [2.45, 2.75) is 18.9 Å². The van der Waals surface area contributed by atoms with E-state index >= 15 is 0 Å². The number of halogens is 8. The van der Waals surface area contributed by atoms with E-state index in [-0.39, 0.29) is 40.3 Å². The lowest BCUT2D eigenvalue weighted by molar-refractivity contribution is -0.143. The molecular formula is C19H12Cl2F6N4. The molecule has 12 heteroatoms. The zero-order chi connectivity index (χ0) is 23.1. The Kier molecular flexibility index (Phi) is 6.09. The van der Waals surface area contributed by atoms with Gasteiger partial charge in [-0.1, -0.05) is 23.2 Å². The van der Waals surface area contributed by atoms with E-state index in [0.29, 0.717) is 17.2 Å². The van der Waals surface area contributed by atoms with Crippen molar-refractivity contribution in [2.75, 3.05) is 5.73 Å². The van der Waals surface area contributed by atoms with Gasteiger partial charge < -0.3 is 11.5 Å². The van der Waals surface area contributed by atoms with Crippen LogP contribution in [-0.2, 0) is 18.9 Å². The smallest absolute Gasteiger partial charge is 0.383 e. The monoisotopic (exact) mass is 480 g/mol. The molecule has 31 heavy (non-hydrogen) atoms. The van der Waals surface area contributed by atoms with Gasteiger partial charge >= 0.3 is 12.4 Å². The largest absolute Gasteiger partial charge is 0.416 e. The first kappa shape index (κ1) is 23.1. The molecule has 3 aromatic rings. The molecule has 3 rings (SSSR count). The molecule has 0 aliphatic carbocycles. The lowest BCUT2D eigenvalue weighted by Crippen LogP contribution is -2.12. The maximum absolute atomic E-state index is 13.2. The fraction of sp³-hybridized carbons (Fsp3) is 0.158. The van der Waals surface area contributed by atoms with Crippen LogP contribution in [0.25, 0.3) is 22.6 Å². The lowest BCUT2D eigenvalue weighted by atomic mass is 10.0. The number of nitrogens with two attached hydrogens (primary N) is 2. The molecule has 4 nitrogen and oxygen atoms in total. The molecule has 164 valence electrons. The van der Waals surface area contributed by atoms with E-state index in [1.165, 1.54) is 18.2 Å². The highest BCUT2D eigenvalue weighted by atomic mass is 35.5. The van der Waals surface area contributed by atoms with Crippen molar-refractivity contribution in [2.24, 2.45) is 5.73 Å². The molecule has 0 aliphatic rings. The van der Waals surface area contributed by atoms with Gasteiger partial charge in [-0.05, 0) is 36.4 Å². The minimum atomic E-state index is -5.03. The highest BCUT2D eigenvalue weighted by Gasteiger charge is 2.37. The van der Waals surface area contributed by atoms with Gasteiger partial charge in [0.1, 0.15) is 5.82 Å². The third kappa shape index (κ3) is 4.86. The van der Waals surface area contributed by atoms with Crippen LogP contribution < -0.4 is 11.5 Å². The van der Waals surface area contributed by atoms with E-state index in [0.717, 1.165) is 0 Å². The summed E-state index contributed by atoms with van der Waals surface area (Å²) in [5.41, 5.74) is 8.62. The molecule has 0 aliphatic heterocycles. The standard InChI is InChI=1S/C19H12Cl2F6N4/c20-11-1-2-12(14(21)6-11)15-13(7-28)16(29)31-17(30-15)8-3-9(18(22,23)24)5-10(4-8)19(25,26)27/h1-6H,7,28H2,(H2,29,30,31). The molecule has 0 saturated heterocycles. The fourth-order valence-electron chi connectivity index (χ4n) is 2.82. The topological polar surface area (TPSA) is 77.8 Å². The van der Waals surface area contributed by atoms with Crippen LogP contribution in [-0.4, -0.2) is 9.97 Å². The first-order valence-corrected chi connectivity index (χ1v) is 9.18.